The van der Waals surface area contributed by atoms with E-state index < -0.39 is 10.3 Å². The third-order valence-corrected chi connectivity index (χ3v) is 1.86. The Morgan fingerprint density at radius 3 is 3.00 bits per heavy atom. The van der Waals surface area contributed by atoms with Crippen LogP contribution in [0.2, 0.25) is 0 Å². The molecular weight excluding hydrogens is 208 g/mol. The van der Waals surface area contributed by atoms with Crippen molar-refractivity contribution >= 4 is 16.0 Å². The standard InChI is InChI=1S/C6H6N4O3S/c7-14(11,12)13-5-3-8-6-1-2-9-10(6)4-5/h1-4H,(H2,7,11,12). The molecule has 0 unspecified atom stereocenters. The maximum absolute atomic E-state index is 10.6. The fourth-order valence-electron chi connectivity index (χ4n) is 0.970. The first kappa shape index (κ1) is 8.91. The lowest BCUT2D eigenvalue weighted by Crippen LogP contribution is -2.19. The lowest BCUT2D eigenvalue weighted by Gasteiger charge is -2.01. The summed E-state index contributed by atoms with van der Waals surface area (Å²) in [5.74, 6) is 0.0173. The summed E-state index contributed by atoms with van der Waals surface area (Å²) in [5, 5.41) is 8.53. The minimum absolute atomic E-state index is 0.0173. The molecule has 8 heteroatoms. The van der Waals surface area contributed by atoms with Gasteiger partial charge in [-0.2, -0.15) is 18.7 Å². The van der Waals surface area contributed by atoms with Gasteiger partial charge in [-0.05, 0) is 0 Å². The largest absolute Gasteiger partial charge is 0.380 e. The molecule has 2 aromatic rings. The maximum Gasteiger partial charge on any atom is 0.380 e. The molecule has 0 saturated carbocycles. The number of fused-ring (bicyclic) bond motifs is 1. The summed E-state index contributed by atoms with van der Waals surface area (Å²) >= 11 is 0. The maximum atomic E-state index is 10.6. The molecule has 0 saturated heterocycles. The Morgan fingerprint density at radius 1 is 1.50 bits per heavy atom. The normalized spacial score (nSPS) is 11.8. The zero-order valence-electron chi connectivity index (χ0n) is 6.86. The molecule has 74 valence electrons. The first-order valence-electron chi connectivity index (χ1n) is 3.56. The van der Waals surface area contributed by atoms with Crippen LogP contribution in [-0.2, 0) is 10.3 Å². The summed E-state index contributed by atoms with van der Waals surface area (Å²) in [5.41, 5.74) is 0.590. The highest BCUT2D eigenvalue weighted by molar-refractivity contribution is 7.84. The third kappa shape index (κ3) is 1.80. The van der Waals surface area contributed by atoms with E-state index in [0.29, 0.717) is 5.65 Å². The lowest BCUT2D eigenvalue weighted by molar-refractivity contribution is 0.484. The molecule has 0 radical (unpaired) electrons. The van der Waals surface area contributed by atoms with E-state index in [4.69, 9.17) is 0 Å². The molecule has 2 aromatic heterocycles. The Balaban J connectivity index is 2.44. The number of nitrogens with two attached hydrogens (primary N) is 1. The third-order valence-electron chi connectivity index (χ3n) is 1.44. The molecule has 0 aliphatic rings. The van der Waals surface area contributed by atoms with Crippen LogP contribution in [0.3, 0.4) is 0 Å². The number of hydrogen-bond donors (Lipinski definition) is 1. The second kappa shape index (κ2) is 2.93. The highest BCUT2D eigenvalue weighted by Crippen LogP contribution is 2.10. The molecule has 0 atom stereocenters. The molecule has 0 spiro atoms. The smallest absolute Gasteiger partial charge is 0.368 e. The van der Waals surface area contributed by atoms with Crippen LogP contribution in [0, 0.1) is 0 Å². The van der Waals surface area contributed by atoms with Crippen LogP contribution in [0.1, 0.15) is 0 Å². The van der Waals surface area contributed by atoms with Gasteiger partial charge in [-0.25, -0.2) is 9.50 Å². The van der Waals surface area contributed by atoms with Gasteiger partial charge >= 0.3 is 10.3 Å². The SMILES string of the molecule is NS(=O)(=O)Oc1cnc2ccnn2c1. The summed E-state index contributed by atoms with van der Waals surface area (Å²) in [6.45, 7) is 0. The van der Waals surface area contributed by atoms with Crippen LogP contribution >= 0.6 is 0 Å². The fraction of sp³-hybridized carbons (Fsp3) is 0. The summed E-state index contributed by atoms with van der Waals surface area (Å²) in [6.07, 6.45) is 4.15. The van der Waals surface area contributed by atoms with Crippen LogP contribution in [-0.4, -0.2) is 23.0 Å². The van der Waals surface area contributed by atoms with Gasteiger partial charge < -0.3 is 4.18 Å². The molecule has 0 aliphatic carbocycles. The van der Waals surface area contributed by atoms with E-state index in [1.807, 2.05) is 0 Å². The van der Waals surface area contributed by atoms with Crippen LogP contribution < -0.4 is 9.32 Å². The van der Waals surface area contributed by atoms with Gasteiger partial charge in [0.25, 0.3) is 0 Å². The average Bonchev–Trinajstić information content (AvgIpc) is 2.47. The van der Waals surface area contributed by atoms with Crippen molar-refractivity contribution in [2.75, 3.05) is 0 Å². The minimum atomic E-state index is -4.01. The van der Waals surface area contributed by atoms with Crippen molar-refractivity contribution < 1.29 is 12.6 Å². The zero-order valence-corrected chi connectivity index (χ0v) is 7.68. The van der Waals surface area contributed by atoms with Gasteiger partial charge in [0, 0.05) is 6.07 Å². The monoisotopic (exact) mass is 214 g/mol. The Labute approximate surface area is 79.4 Å². The average molecular weight is 214 g/mol. The van der Waals surface area contributed by atoms with Crippen molar-refractivity contribution in [3.05, 3.63) is 24.7 Å². The molecule has 0 aromatic carbocycles. The van der Waals surface area contributed by atoms with Crippen LogP contribution in [0.25, 0.3) is 5.65 Å². The minimum Gasteiger partial charge on any atom is -0.368 e. The molecule has 2 rings (SSSR count). The van der Waals surface area contributed by atoms with E-state index in [0.717, 1.165) is 0 Å². The van der Waals surface area contributed by atoms with Gasteiger partial charge in [-0.1, -0.05) is 0 Å². The van der Waals surface area contributed by atoms with Crippen LogP contribution in [0.4, 0.5) is 0 Å². The lowest BCUT2D eigenvalue weighted by atomic mass is 10.6. The number of aromatic nitrogens is 3. The van der Waals surface area contributed by atoms with E-state index in [2.05, 4.69) is 19.4 Å². The van der Waals surface area contributed by atoms with Crippen molar-refractivity contribution in [1.82, 2.24) is 14.6 Å². The van der Waals surface area contributed by atoms with Gasteiger partial charge in [-0.3, -0.25) is 0 Å². The predicted octanol–water partition coefficient (Wildman–Crippen LogP) is -0.688. The summed E-state index contributed by atoms with van der Waals surface area (Å²) in [7, 11) is -4.01. The number of rotatable bonds is 2. The van der Waals surface area contributed by atoms with Gasteiger partial charge in [0.05, 0.1) is 18.6 Å². The summed E-state index contributed by atoms with van der Waals surface area (Å²) < 4.78 is 26.9. The Hall–Kier alpha value is -1.67. The van der Waals surface area contributed by atoms with Gasteiger partial charge in [0.15, 0.2) is 11.4 Å². The predicted molar refractivity (Wildman–Crippen MR) is 46.7 cm³/mol. The quantitative estimate of drug-likeness (QED) is 0.713. The first-order valence-corrected chi connectivity index (χ1v) is 5.03. The summed E-state index contributed by atoms with van der Waals surface area (Å²) in [4.78, 5) is 3.88. The summed E-state index contributed by atoms with van der Waals surface area (Å²) in [6, 6.07) is 1.67. The Kier molecular flexibility index (Phi) is 1.86. The van der Waals surface area contributed by atoms with Crippen molar-refractivity contribution in [3.63, 3.8) is 0 Å². The molecule has 14 heavy (non-hydrogen) atoms. The van der Waals surface area contributed by atoms with Crippen molar-refractivity contribution in [1.29, 1.82) is 0 Å². The van der Waals surface area contributed by atoms with E-state index >= 15 is 0 Å². The second-order valence-corrected chi connectivity index (χ2v) is 3.65. The fourth-order valence-corrected chi connectivity index (χ4v) is 1.32. The highest BCUT2D eigenvalue weighted by atomic mass is 32.2. The van der Waals surface area contributed by atoms with Crippen molar-refractivity contribution in [2.24, 2.45) is 5.14 Å². The van der Waals surface area contributed by atoms with E-state index in [9.17, 15) is 8.42 Å². The number of nitrogens with zero attached hydrogens (tertiary/aromatic N) is 3. The Bertz CT molecular complexity index is 561. The number of hydrogen-bond acceptors (Lipinski definition) is 5. The molecule has 0 bridgehead atoms. The molecule has 7 nitrogen and oxygen atoms in total. The van der Waals surface area contributed by atoms with Crippen LogP contribution in [0.15, 0.2) is 24.7 Å². The molecule has 2 N–H and O–H groups in total. The zero-order chi connectivity index (χ0) is 10.2. The molecule has 0 amide bonds. The molecule has 0 fully saturated rings. The van der Waals surface area contributed by atoms with Gasteiger partial charge in [0.1, 0.15) is 0 Å². The van der Waals surface area contributed by atoms with E-state index in [-0.39, 0.29) is 5.75 Å². The van der Waals surface area contributed by atoms with Crippen molar-refractivity contribution in [2.45, 2.75) is 0 Å². The topological polar surface area (TPSA) is 99.6 Å². The molecular formula is C6H6N4O3S. The van der Waals surface area contributed by atoms with Crippen molar-refractivity contribution in [3.8, 4) is 5.75 Å². The molecule has 0 aliphatic heterocycles. The molecule has 2 heterocycles. The Morgan fingerprint density at radius 2 is 2.29 bits per heavy atom. The first-order chi connectivity index (χ1) is 6.54. The van der Waals surface area contributed by atoms with E-state index in [1.54, 1.807) is 6.07 Å². The van der Waals surface area contributed by atoms with Crippen LogP contribution in [0.5, 0.6) is 5.75 Å². The van der Waals surface area contributed by atoms with E-state index in [1.165, 1.54) is 23.1 Å². The highest BCUT2D eigenvalue weighted by Gasteiger charge is 2.06. The van der Waals surface area contributed by atoms with Gasteiger partial charge in [-0.15, -0.1) is 0 Å². The van der Waals surface area contributed by atoms with Gasteiger partial charge in [0.2, 0.25) is 0 Å². The second-order valence-electron chi connectivity index (χ2n) is 2.50.